The van der Waals surface area contributed by atoms with Crippen LogP contribution >= 0.6 is 11.6 Å². The van der Waals surface area contributed by atoms with Gasteiger partial charge < -0.3 is 45.3 Å². The summed E-state index contributed by atoms with van der Waals surface area (Å²) in [4.78, 5) is 33.4. The zero-order valence-corrected chi connectivity index (χ0v) is 43.1. The predicted molar refractivity (Wildman–Crippen MR) is 278 cm³/mol. The van der Waals surface area contributed by atoms with Gasteiger partial charge in [0.25, 0.3) is 0 Å². The molecule has 0 heterocycles. The molecule has 0 spiro atoms. The second kappa shape index (κ2) is 47.4. The minimum atomic E-state index is -1.19. The van der Waals surface area contributed by atoms with Crippen molar-refractivity contribution < 1.29 is 49.9 Å². The number of aliphatic hydroxyl groups is 3. The zero-order valence-electron chi connectivity index (χ0n) is 42.3. The first-order chi connectivity index (χ1) is 32.6. The highest BCUT2D eigenvalue weighted by Gasteiger charge is 2.04. The number of aliphatic hydroxyl groups excluding tert-OH is 3. The molecule has 0 aliphatic heterocycles. The van der Waals surface area contributed by atoms with Gasteiger partial charge in [-0.15, -0.1) is 11.6 Å². The highest BCUT2D eigenvalue weighted by atomic mass is 35.5. The number of carbonyl (C=O) groups is 3. The van der Waals surface area contributed by atoms with Crippen LogP contribution in [0.5, 0.6) is 0 Å². The van der Waals surface area contributed by atoms with Crippen LogP contribution < -0.4 is 5.90 Å². The molecule has 0 fully saturated rings. The lowest BCUT2D eigenvalue weighted by atomic mass is 10.0. The summed E-state index contributed by atoms with van der Waals surface area (Å²) in [6.07, 6.45) is 17.0. The van der Waals surface area contributed by atoms with Crippen molar-refractivity contribution in [1.29, 1.82) is 0 Å². The van der Waals surface area contributed by atoms with Crippen molar-refractivity contribution in [3.05, 3.63) is 119 Å². The number of hydrogen-bond acceptors (Lipinski definition) is 11. The van der Waals surface area contributed by atoms with Crippen molar-refractivity contribution in [3.8, 4) is 22.3 Å². The van der Waals surface area contributed by atoms with Crippen LogP contribution in [-0.2, 0) is 44.7 Å². The molecule has 0 aromatic heterocycles. The van der Waals surface area contributed by atoms with Crippen LogP contribution in [0.1, 0.15) is 127 Å². The van der Waals surface area contributed by atoms with Crippen LogP contribution in [0.3, 0.4) is 0 Å². The average Bonchev–Trinajstić information content (AvgIpc) is 3.35. The van der Waals surface area contributed by atoms with Gasteiger partial charge in [-0.1, -0.05) is 202 Å². The van der Waals surface area contributed by atoms with E-state index in [1.54, 1.807) is 0 Å². The molecule has 0 aliphatic carbocycles. The normalized spacial score (nSPS) is 9.82. The summed E-state index contributed by atoms with van der Waals surface area (Å²) in [5.41, 5.74) is 9.43. The Labute approximate surface area is 413 Å². The summed E-state index contributed by atoms with van der Waals surface area (Å²) < 4.78 is 4.88. The first-order valence-corrected chi connectivity index (χ1v) is 24.1. The molecule has 8 N–H and O–H groups in total. The maximum Gasteiger partial charge on any atom is 0.332 e. The molecule has 0 amide bonds. The van der Waals surface area contributed by atoms with Crippen molar-refractivity contribution in [2.75, 3.05) is 48.0 Å². The van der Waals surface area contributed by atoms with Gasteiger partial charge in [0, 0.05) is 19.0 Å². The molecule has 4 aromatic carbocycles. The third-order valence-corrected chi connectivity index (χ3v) is 9.66. The molecule has 0 saturated carbocycles. The molecule has 68 heavy (non-hydrogen) atoms. The standard InChI is InChI=1S/C18H21NO3.C16H18ClN.2C8H18.2C2H4O3.H3NO/c1-19(2)11-14-3-7-16(8-4-14)17-9-5-15(6-10-17)13-22-18(21)12-20;1-18(2)12-14-5-9-16(10-6-14)15-7-3-13(11-17)4-8-15;2*1-3-5-7-8-6-4-2;2*3-1-2(4)5;1-2/h3-10,20H,11-13H2,1-2H3;3-10H,11-12H2,1-2H3;2*3-8H2,1-2H3;2*3H,1H2,(H,4,5);2H,1H2. The van der Waals surface area contributed by atoms with E-state index in [1.165, 1.54) is 99.3 Å². The number of carboxylic acids is 2. The Morgan fingerprint density at radius 3 is 0.912 bits per heavy atom. The molecule has 0 aliphatic rings. The fourth-order valence-corrected chi connectivity index (χ4v) is 6.01. The second-order valence-corrected chi connectivity index (χ2v) is 16.4. The molecular weight excluding hydrogens is 886 g/mol. The summed E-state index contributed by atoms with van der Waals surface area (Å²) in [5, 5.41) is 45.1. The number of hydrogen-bond donors (Lipinski definition) is 7. The minimum Gasteiger partial charge on any atom is -0.480 e. The monoisotopic (exact) mass is 972 g/mol. The molecule has 0 saturated heterocycles. The van der Waals surface area contributed by atoms with Crippen LogP contribution in [0.15, 0.2) is 97.1 Å². The van der Waals surface area contributed by atoms with Crippen LogP contribution in [0.25, 0.3) is 22.3 Å². The van der Waals surface area contributed by atoms with Crippen LogP contribution in [0, 0.1) is 0 Å². The van der Waals surface area contributed by atoms with Crippen LogP contribution in [-0.4, -0.2) is 106 Å². The number of alkyl halides is 1. The number of halogens is 1. The molecule has 0 atom stereocenters. The van der Waals surface area contributed by atoms with Gasteiger partial charge in [0.2, 0.25) is 0 Å². The second-order valence-electron chi connectivity index (χ2n) is 16.1. The Morgan fingerprint density at radius 2 is 0.706 bits per heavy atom. The summed E-state index contributed by atoms with van der Waals surface area (Å²) in [6.45, 7) is 8.97. The lowest BCUT2D eigenvalue weighted by Gasteiger charge is -2.10. The van der Waals surface area contributed by atoms with Gasteiger partial charge in [-0.2, -0.15) is 0 Å². The van der Waals surface area contributed by atoms with Gasteiger partial charge >= 0.3 is 17.9 Å². The van der Waals surface area contributed by atoms with Crippen molar-refractivity contribution in [2.45, 2.75) is 130 Å². The van der Waals surface area contributed by atoms with E-state index in [1.807, 2.05) is 24.3 Å². The molecule has 14 heteroatoms. The van der Waals surface area contributed by atoms with E-state index in [-0.39, 0.29) is 6.61 Å². The first-order valence-electron chi connectivity index (χ1n) is 23.5. The SMILES string of the molecule is CCCCCCCC.CCCCCCCC.CN(C)Cc1ccc(-c2ccc(CCl)cc2)cc1.CN(C)Cc1ccc(-c2ccc(COC(=O)CO)cc2)cc1.NO.O=C(O)CO.O=C(O)CO. The quantitative estimate of drug-likeness (QED) is 0.0169. The molecule has 0 unspecified atom stereocenters. The highest BCUT2D eigenvalue weighted by molar-refractivity contribution is 6.17. The number of esters is 1. The number of nitrogens with zero attached hydrogens (tertiary/aromatic N) is 2. The summed E-state index contributed by atoms with van der Waals surface area (Å²) >= 11 is 5.79. The van der Waals surface area contributed by atoms with E-state index in [2.05, 4.69) is 144 Å². The molecule has 4 aromatic rings. The van der Waals surface area contributed by atoms with Gasteiger partial charge in [0.05, 0.1) is 0 Å². The van der Waals surface area contributed by atoms with E-state index < -0.39 is 37.7 Å². The van der Waals surface area contributed by atoms with Crippen LogP contribution in [0.2, 0.25) is 0 Å². The Kier molecular flexibility index (Phi) is 47.1. The van der Waals surface area contributed by atoms with Gasteiger partial charge in [-0.25, -0.2) is 20.3 Å². The van der Waals surface area contributed by atoms with E-state index in [0.717, 1.165) is 35.3 Å². The number of unbranched alkanes of at least 4 members (excludes halogenated alkanes) is 10. The molecule has 0 radical (unpaired) electrons. The molecule has 4 rings (SSSR count). The lowest BCUT2D eigenvalue weighted by molar-refractivity contribution is -0.148. The fourth-order valence-electron chi connectivity index (χ4n) is 5.83. The highest BCUT2D eigenvalue weighted by Crippen LogP contribution is 2.22. The molecule has 0 bridgehead atoms. The number of nitrogens with two attached hydrogens (primary N) is 1. The maximum absolute atomic E-state index is 10.9. The maximum atomic E-state index is 10.9. The van der Waals surface area contributed by atoms with Crippen LogP contribution in [0.4, 0.5) is 0 Å². The number of ether oxygens (including phenoxy) is 1. The Balaban J connectivity index is -0.000000816. The number of benzene rings is 4. The average molecular weight is 973 g/mol. The number of aliphatic carboxylic acids is 2. The molecular formula is C54H86ClN3O10. The van der Waals surface area contributed by atoms with Gasteiger partial charge in [-0.3, -0.25) is 0 Å². The van der Waals surface area contributed by atoms with E-state index >= 15 is 0 Å². The number of carboxylic acid groups (broad SMARTS) is 2. The van der Waals surface area contributed by atoms with Crippen molar-refractivity contribution in [1.82, 2.24) is 9.80 Å². The molecule has 384 valence electrons. The van der Waals surface area contributed by atoms with Gasteiger partial charge in [0.15, 0.2) is 0 Å². The number of rotatable bonds is 22. The van der Waals surface area contributed by atoms with Gasteiger partial charge in [-0.05, 0) is 72.7 Å². The first kappa shape index (κ1) is 67.6. The molecule has 13 nitrogen and oxygen atoms in total. The number of carbonyl (C=O) groups excluding carboxylic acids is 1. The topological polar surface area (TPSA) is 214 Å². The largest absolute Gasteiger partial charge is 0.480 e. The Hall–Kier alpha value is -4.70. The minimum absolute atomic E-state index is 0.182. The fraction of sp³-hybridized carbons (Fsp3) is 0.500. The third kappa shape index (κ3) is 40.4. The van der Waals surface area contributed by atoms with E-state index in [9.17, 15) is 4.79 Å². The predicted octanol–water partition coefficient (Wildman–Crippen LogP) is 10.8. The summed E-state index contributed by atoms with van der Waals surface area (Å²) in [7, 11) is 8.27. The van der Waals surface area contributed by atoms with Crippen molar-refractivity contribution in [3.63, 3.8) is 0 Å². The van der Waals surface area contributed by atoms with E-state index in [0.29, 0.717) is 5.88 Å². The zero-order chi connectivity index (χ0) is 52.0. The van der Waals surface area contributed by atoms with Gasteiger partial charge in [0.1, 0.15) is 26.4 Å². The Bertz CT molecular complexity index is 1720. The Morgan fingerprint density at radius 1 is 0.456 bits per heavy atom. The summed E-state index contributed by atoms with van der Waals surface area (Å²) in [5.74, 6) is 1.08. The lowest BCUT2D eigenvalue weighted by Crippen LogP contribution is -2.10. The van der Waals surface area contributed by atoms with Crippen molar-refractivity contribution >= 4 is 29.5 Å². The van der Waals surface area contributed by atoms with E-state index in [4.69, 9.17) is 56.7 Å². The van der Waals surface area contributed by atoms with Crippen molar-refractivity contribution in [2.24, 2.45) is 5.90 Å². The third-order valence-electron chi connectivity index (χ3n) is 9.35. The smallest absolute Gasteiger partial charge is 0.332 e. The summed E-state index contributed by atoms with van der Waals surface area (Å²) in [6, 6.07) is 33.5.